The van der Waals surface area contributed by atoms with E-state index in [0.29, 0.717) is 43.7 Å². The number of halogens is 2. The number of nitrogens with one attached hydrogen (secondary N) is 1. The third-order valence-electron chi connectivity index (χ3n) is 4.62. The molecule has 2 N–H and O–H groups in total. The van der Waals surface area contributed by atoms with Crippen LogP contribution in [0.5, 0.6) is 0 Å². The first-order valence-electron chi connectivity index (χ1n) is 7.86. The summed E-state index contributed by atoms with van der Waals surface area (Å²) in [5.74, 6) is -0.767. The van der Waals surface area contributed by atoms with Gasteiger partial charge in [0, 0.05) is 25.2 Å². The van der Waals surface area contributed by atoms with Crippen molar-refractivity contribution >= 4 is 0 Å². The van der Waals surface area contributed by atoms with E-state index in [1.54, 1.807) is 36.5 Å². The van der Waals surface area contributed by atoms with Crippen molar-refractivity contribution in [2.75, 3.05) is 19.6 Å². The van der Waals surface area contributed by atoms with Crippen LogP contribution in [0.25, 0.3) is 0 Å². The van der Waals surface area contributed by atoms with Gasteiger partial charge in [-0.2, -0.15) is 5.10 Å². The number of H-pyrrole nitrogens is 1. The quantitative estimate of drug-likeness (QED) is 0.860. The summed E-state index contributed by atoms with van der Waals surface area (Å²) in [4.78, 5) is 2.04. The molecule has 6 heteroatoms. The van der Waals surface area contributed by atoms with Crippen molar-refractivity contribution < 1.29 is 13.9 Å². The molecule has 4 nitrogen and oxygen atoms in total. The number of rotatable bonds is 6. The van der Waals surface area contributed by atoms with Crippen molar-refractivity contribution in [1.82, 2.24) is 15.1 Å². The fraction of sp³-hybridized carbons (Fsp3) is 0.471. The van der Waals surface area contributed by atoms with Crippen LogP contribution in [0.15, 0.2) is 42.6 Å². The number of hydrogen-bond acceptors (Lipinski definition) is 3. The zero-order valence-corrected chi connectivity index (χ0v) is 12.8. The van der Waals surface area contributed by atoms with E-state index in [-0.39, 0.29) is 0 Å². The second-order valence-corrected chi connectivity index (χ2v) is 6.17. The van der Waals surface area contributed by atoms with Crippen molar-refractivity contribution in [3.8, 4) is 0 Å². The summed E-state index contributed by atoms with van der Waals surface area (Å²) in [6, 6.07) is 10.7. The Hall–Kier alpha value is -1.79. The van der Waals surface area contributed by atoms with Gasteiger partial charge in [-0.25, -0.2) is 8.78 Å². The molecule has 124 valence electrons. The van der Waals surface area contributed by atoms with E-state index in [4.69, 9.17) is 0 Å². The SMILES string of the molecule is OC1(c2ccn[nH]2)CCN(CCC(c2ccccc2)C(F)F)C1. The Bertz CT molecular complexity index is 606. The topological polar surface area (TPSA) is 52.2 Å². The van der Waals surface area contributed by atoms with Gasteiger partial charge in [0.05, 0.1) is 5.69 Å². The zero-order chi connectivity index (χ0) is 16.3. The van der Waals surface area contributed by atoms with Crippen molar-refractivity contribution in [1.29, 1.82) is 0 Å². The van der Waals surface area contributed by atoms with Gasteiger partial charge in [0.1, 0.15) is 5.60 Å². The smallest absolute Gasteiger partial charge is 0.245 e. The molecule has 23 heavy (non-hydrogen) atoms. The van der Waals surface area contributed by atoms with Gasteiger partial charge in [-0.15, -0.1) is 0 Å². The first-order valence-corrected chi connectivity index (χ1v) is 7.86. The molecule has 0 amide bonds. The average Bonchev–Trinajstić information content (AvgIpc) is 3.19. The molecule has 0 saturated carbocycles. The number of hydrogen-bond donors (Lipinski definition) is 2. The highest BCUT2D eigenvalue weighted by Crippen LogP contribution is 2.32. The number of aromatic nitrogens is 2. The molecule has 0 spiro atoms. The van der Waals surface area contributed by atoms with Crippen molar-refractivity contribution in [3.05, 3.63) is 53.9 Å². The molecular weight excluding hydrogens is 300 g/mol. The van der Waals surface area contributed by atoms with Crippen LogP contribution >= 0.6 is 0 Å². The van der Waals surface area contributed by atoms with E-state index >= 15 is 0 Å². The Morgan fingerprint density at radius 2 is 2.04 bits per heavy atom. The zero-order valence-electron chi connectivity index (χ0n) is 12.8. The number of aromatic amines is 1. The van der Waals surface area contributed by atoms with Crippen LogP contribution in [0.3, 0.4) is 0 Å². The van der Waals surface area contributed by atoms with Crippen molar-refractivity contribution in [3.63, 3.8) is 0 Å². The second kappa shape index (κ2) is 6.76. The summed E-state index contributed by atoms with van der Waals surface area (Å²) >= 11 is 0. The standard InChI is InChI=1S/C17H21F2N3O/c18-16(19)14(13-4-2-1-3-5-13)7-10-22-11-8-17(23,12-22)15-6-9-20-21-15/h1-6,9,14,16,23H,7-8,10-12H2,(H,20,21). The van der Waals surface area contributed by atoms with Gasteiger partial charge in [-0.05, 0) is 31.0 Å². The van der Waals surface area contributed by atoms with E-state index < -0.39 is 17.9 Å². The Balaban J connectivity index is 1.60. The predicted octanol–water partition coefficient (Wildman–Crippen LogP) is 2.74. The second-order valence-electron chi connectivity index (χ2n) is 6.17. The maximum Gasteiger partial charge on any atom is 0.245 e. The first-order chi connectivity index (χ1) is 11.1. The van der Waals surface area contributed by atoms with Crippen LogP contribution in [-0.4, -0.2) is 46.3 Å². The number of aliphatic hydroxyl groups is 1. The van der Waals surface area contributed by atoms with E-state index in [9.17, 15) is 13.9 Å². The third-order valence-corrected chi connectivity index (χ3v) is 4.62. The number of nitrogens with zero attached hydrogens (tertiary/aromatic N) is 2. The Morgan fingerprint density at radius 3 is 2.70 bits per heavy atom. The fourth-order valence-corrected chi connectivity index (χ4v) is 3.26. The summed E-state index contributed by atoms with van der Waals surface area (Å²) in [5, 5.41) is 17.3. The molecule has 1 aromatic heterocycles. The molecule has 0 radical (unpaired) electrons. The van der Waals surface area contributed by atoms with E-state index in [2.05, 4.69) is 10.2 Å². The molecule has 0 aliphatic carbocycles. The molecule has 2 atom stereocenters. The lowest BCUT2D eigenvalue weighted by Gasteiger charge is -2.24. The highest BCUT2D eigenvalue weighted by atomic mass is 19.3. The van der Waals surface area contributed by atoms with Crippen LogP contribution in [-0.2, 0) is 5.60 Å². The molecule has 2 unspecified atom stereocenters. The van der Waals surface area contributed by atoms with Crippen molar-refractivity contribution in [2.24, 2.45) is 0 Å². The maximum atomic E-state index is 13.4. The molecule has 2 heterocycles. The van der Waals surface area contributed by atoms with Crippen LogP contribution in [0, 0.1) is 0 Å². The fourth-order valence-electron chi connectivity index (χ4n) is 3.26. The molecule has 1 aliphatic rings. The number of β-amino-alcohol motifs (C(OH)–C–C–N with tert-alkyl or cyclic N) is 1. The highest BCUT2D eigenvalue weighted by Gasteiger charge is 2.39. The van der Waals surface area contributed by atoms with Gasteiger partial charge in [-0.1, -0.05) is 30.3 Å². The summed E-state index contributed by atoms with van der Waals surface area (Å²) in [5.41, 5.74) is 0.405. The third kappa shape index (κ3) is 3.59. The maximum absolute atomic E-state index is 13.4. The minimum Gasteiger partial charge on any atom is -0.382 e. The van der Waals surface area contributed by atoms with Crippen LogP contribution in [0.2, 0.25) is 0 Å². The number of likely N-dealkylation sites (tertiary alicyclic amines) is 1. The first kappa shape index (κ1) is 16.1. The summed E-state index contributed by atoms with van der Waals surface area (Å²) in [6.07, 6.45) is 0.185. The van der Waals surface area contributed by atoms with Crippen LogP contribution in [0.4, 0.5) is 8.78 Å². The Kier molecular flexibility index (Phi) is 4.73. The number of alkyl halides is 2. The average molecular weight is 321 g/mol. The van der Waals surface area contributed by atoms with Gasteiger partial charge < -0.3 is 5.11 Å². The van der Waals surface area contributed by atoms with Gasteiger partial charge >= 0.3 is 0 Å². The molecule has 1 saturated heterocycles. The molecule has 3 rings (SSSR count). The van der Waals surface area contributed by atoms with Crippen molar-refractivity contribution in [2.45, 2.75) is 30.8 Å². The van der Waals surface area contributed by atoms with E-state index in [1.807, 2.05) is 11.0 Å². The monoisotopic (exact) mass is 321 g/mol. The normalized spacial score (nSPS) is 23.5. The predicted molar refractivity (Wildman–Crippen MR) is 83.3 cm³/mol. The van der Waals surface area contributed by atoms with Gasteiger partial charge in [0.2, 0.25) is 6.43 Å². The molecule has 1 aliphatic heterocycles. The number of benzene rings is 1. The summed E-state index contributed by atoms with van der Waals surface area (Å²) in [6.45, 7) is 1.68. The minimum atomic E-state index is -2.38. The molecule has 1 aromatic carbocycles. The lowest BCUT2D eigenvalue weighted by molar-refractivity contribution is 0.0401. The largest absolute Gasteiger partial charge is 0.382 e. The molecule has 0 bridgehead atoms. The summed E-state index contributed by atoms with van der Waals surface area (Å²) < 4.78 is 26.7. The minimum absolute atomic E-state index is 0.376. The van der Waals surface area contributed by atoms with Gasteiger partial charge in [0.15, 0.2) is 0 Å². The molecule has 2 aromatic rings. The van der Waals surface area contributed by atoms with Crippen LogP contribution < -0.4 is 0 Å². The lowest BCUT2D eigenvalue weighted by atomic mass is 9.96. The summed E-state index contributed by atoms with van der Waals surface area (Å²) in [7, 11) is 0. The van der Waals surface area contributed by atoms with E-state index in [1.165, 1.54) is 0 Å². The molecular formula is C17H21F2N3O. The molecule has 1 fully saturated rings. The van der Waals surface area contributed by atoms with E-state index in [0.717, 1.165) is 0 Å². The Morgan fingerprint density at radius 1 is 1.26 bits per heavy atom. The van der Waals surface area contributed by atoms with Gasteiger partial charge in [-0.3, -0.25) is 10.00 Å². The van der Waals surface area contributed by atoms with Gasteiger partial charge in [0.25, 0.3) is 0 Å². The highest BCUT2D eigenvalue weighted by molar-refractivity contribution is 5.20. The van der Waals surface area contributed by atoms with Crippen LogP contribution in [0.1, 0.15) is 30.0 Å². The Labute approximate surface area is 134 Å². The lowest BCUT2D eigenvalue weighted by Crippen LogP contribution is -2.32.